The number of hydrogen-bond donors (Lipinski definition) is 2. The number of rotatable bonds is 6. The maximum atomic E-state index is 12.5. The molecule has 1 aliphatic heterocycles. The van der Waals surface area contributed by atoms with E-state index in [0.717, 1.165) is 51.6 Å². The fourth-order valence-electron chi connectivity index (χ4n) is 3.76. The largest absolute Gasteiger partial charge is 0.396 e. The molecule has 4 heteroatoms. The number of piperidine rings is 1. The molecule has 0 spiro atoms. The minimum Gasteiger partial charge on any atom is -0.396 e. The second-order valence-electron chi connectivity index (χ2n) is 6.87. The normalized spacial score (nSPS) is 23.2. The van der Waals surface area contributed by atoms with Gasteiger partial charge in [-0.05, 0) is 45.4 Å². The van der Waals surface area contributed by atoms with Crippen LogP contribution in [-0.4, -0.2) is 47.7 Å². The molecule has 1 unspecified atom stereocenters. The smallest absolute Gasteiger partial charge is 0.225 e. The molecule has 0 bridgehead atoms. The minimum absolute atomic E-state index is 0.278. The highest BCUT2D eigenvalue weighted by Crippen LogP contribution is 2.26. The average molecular weight is 296 g/mol. The van der Waals surface area contributed by atoms with Crippen molar-refractivity contribution in [1.82, 2.24) is 10.2 Å². The highest BCUT2D eigenvalue weighted by Gasteiger charge is 2.29. The quantitative estimate of drug-likeness (QED) is 0.791. The van der Waals surface area contributed by atoms with Crippen LogP contribution in [0.25, 0.3) is 0 Å². The van der Waals surface area contributed by atoms with Crippen molar-refractivity contribution >= 4 is 5.91 Å². The van der Waals surface area contributed by atoms with E-state index in [2.05, 4.69) is 17.1 Å². The highest BCUT2D eigenvalue weighted by atomic mass is 16.2. The van der Waals surface area contributed by atoms with Crippen LogP contribution in [0.1, 0.15) is 64.7 Å². The molecule has 2 aliphatic rings. The summed E-state index contributed by atoms with van der Waals surface area (Å²) in [7, 11) is 0. The molecule has 2 N–H and O–H groups in total. The number of likely N-dealkylation sites (tertiary alicyclic amines) is 1. The number of amides is 1. The summed E-state index contributed by atoms with van der Waals surface area (Å²) in [5.74, 6) is 0.730. The number of nitrogens with zero attached hydrogens (tertiary/aromatic N) is 1. The van der Waals surface area contributed by atoms with Gasteiger partial charge in [0.05, 0.1) is 0 Å². The lowest BCUT2D eigenvalue weighted by Crippen LogP contribution is -2.48. The fraction of sp³-hybridized carbons (Fsp3) is 0.941. The Morgan fingerprint density at radius 2 is 1.86 bits per heavy atom. The average Bonchev–Trinajstić information content (AvgIpc) is 2.54. The van der Waals surface area contributed by atoms with Gasteiger partial charge in [-0.25, -0.2) is 0 Å². The van der Waals surface area contributed by atoms with E-state index in [-0.39, 0.29) is 6.61 Å². The maximum absolute atomic E-state index is 12.5. The fourth-order valence-corrected chi connectivity index (χ4v) is 3.76. The molecule has 2 rings (SSSR count). The van der Waals surface area contributed by atoms with Crippen LogP contribution >= 0.6 is 0 Å². The van der Waals surface area contributed by atoms with Gasteiger partial charge in [-0.15, -0.1) is 0 Å². The lowest BCUT2D eigenvalue weighted by Gasteiger charge is -2.36. The summed E-state index contributed by atoms with van der Waals surface area (Å²) in [5.41, 5.74) is 0. The molecule has 21 heavy (non-hydrogen) atoms. The third kappa shape index (κ3) is 5.26. The van der Waals surface area contributed by atoms with Gasteiger partial charge in [0, 0.05) is 37.7 Å². The van der Waals surface area contributed by atoms with Crippen LogP contribution < -0.4 is 5.32 Å². The van der Waals surface area contributed by atoms with Crippen LogP contribution in [0.4, 0.5) is 0 Å². The third-order valence-electron chi connectivity index (χ3n) is 5.08. The molecular formula is C17H32N2O2. The number of aliphatic hydroxyl groups is 1. The van der Waals surface area contributed by atoms with Gasteiger partial charge in [-0.2, -0.15) is 0 Å². The minimum atomic E-state index is 0.278. The van der Waals surface area contributed by atoms with E-state index < -0.39 is 0 Å². The summed E-state index contributed by atoms with van der Waals surface area (Å²) in [5, 5.41) is 12.5. The van der Waals surface area contributed by atoms with Crippen LogP contribution in [-0.2, 0) is 4.79 Å². The summed E-state index contributed by atoms with van der Waals surface area (Å²) in [6.07, 6.45) is 10.0. The summed E-state index contributed by atoms with van der Waals surface area (Å²) in [4.78, 5) is 14.6. The maximum Gasteiger partial charge on any atom is 0.225 e. The van der Waals surface area contributed by atoms with Crippen LogP contribution in [0.2, 0.25) is 0 Å². The number of hydrogen-bond acceptors (Lipinski definition) is 3. The van der Waals surface area contributed by atoms with E-state index in [1.165, 1.54) is 19.3 Å². The van der Waals surface area contributed by atoms with Crippen molar-refractivity contribution in [1.29, 1.82) is 0 Å². The first-order chi connectivity index (χ1) is 10.2. The van der Waals surface area contributed by atoms with Gasteiger partial charge < -0.3 is 15.3 Å². The Morgan fingerprint density at radius 1 is 1.19 bits per heavy atom. The summed E-state index contributed by atoms with van der Waals surface area (Å²) in [6.45, 7) is 4.30. The topological polar surface area (TPSA) is 52.6 Å². The first kappa shape index (κ1) is 16.8. The predicted molar refractivity (Wildman–Crippen MR) is 85.1 cm³/mol. The second-order valence-corrected chi connectivity index (χ2v) is 6.87. The van der Waals surface area contributed by atoms with Crippen molar-refractivity contribution in [3.8, 4) is 0 Å². The summed E-state index contributed by atoms with van der Waals surface area (Å²) < 4.78 is 0. The first-order valence-corrected chi connectivity index (χ1v) is 8.86. The Bertz CT molecular complexity index is 308. The van der Waals surface area contributed by atoms with E-state index in [1.807, 2.05) is 0 Å². The summed E-state index contributed by atoms with van der Waals surface area (Å²) >= 11 is 0. The molecule has 1 saturated heterocycles. The number of carbonyl (C=O) groups excluding carboxylic acids is 1. The zero-order valence-corrected chi connectivity index (χ0v) is 13.5. The van der Waals surface area contributed by atoms with Gasteiger partial charge in [-0.3, -0.25) is 4.79 Å². The second kappa shape index (κ2) is 8.74. The Hall–Kier alpha value is -0.610. The van der Waals surface area contributed by atoms with E-state index >= 15 is 0 Å². The van der Waals surface area contributed by atoms with Crippen molar-refractivity contribution in [3.05, 3.63) is 0 Å². The zero-order chi connectivity index (χ0) is 15.1. The van der Waals surface area contributed by atoms with Crippen LogP contribution in [0.5, 0.6) is 0 Å². The van der Waals surface area contributed by atoms with Gasteiger partial charge >= 0.3 is 0 Å². The van der Waals surface area contributed by atoms with Crippen LogP contribution in [0.15, 0.2) is 0 Å². The van der Waals surface area contributed by atoms with Crippen molar-refractivity contribution in [2.45, 2.75) is 76.8 Å². The van der Waals surface area contributed by atoms with Gasteiger partial charge in [-0.1, -0.05) is 19.3 Å². The van der Waals surface area contributed by atoms with E-state index in [4.69, 9.17) is 5.11 Å². The molecule has 0 aromatic heterocycles. The van der Waals surface area contributed by atoms with Gasteiger partial charge in [0.2, 0.25) is 5.91 Å². The number of aliphatic hydroxyl groups excluding tert-OH is 1. The molecular weight excluding hydrogens is 264 g/mol. The third-order valence-corrected chi connectivity index (χ3v) is 5.08. The molecule has 0 aromatic carbocycles. The molecule has 1 aliphatic carbocycles. The SMILES string of the molecule is CC(CCCO)NC1CCN(C(=O)C2CCCCC2)CC1. The molecule has 0 aromatic rings. The van der Waals surface area contributed by atoms with Crippen LogP contribution in [0.3, 0.4) is 0 Å². The van der Waals surface area contributed by atoms with Crippen molar-refractivity contribution in [2.24, 2.45) is 5.92 Å². The molecule has 1 amide bonds. The van der Waals surface area contributed by atoms with Crippen LogP contribution in [0, 0.1) is 5.92 Å². The standard InChI is InChI=1S/C17H32N2O2/c1-14(6-5-13-20)18-16-9-11-19(12-10-16)17(21)15-7-3-2-4-8-15/h14-16,18,20H,2-13H2,1H3. The Morgan fingerprint density at radius 3 is 2.48 bits per heavy atom. The Kier molecular flexibility index (Phi) is 6.97. The lowest BCUT2D eigenvalue weighted by molar-refractivity contribution is -0.137. The van der Waals surface area contributed by atoms with E-state index in [9.17, 15) is 4.79 Å². The molecule has 4 nitrogen and oxygen atoms in total. The van der Waals surface area contributed by atoms with Crippen molar-refractivity contribution in [3.63, 3.8) is 0 Å². The lowest BCUT2D eigenvalue weighted by atomic mass is 9.87. The van der Waals surface area contributed by atoms with Gasteiger partial charge in [0.25, 0.3) is 0 Å². The molecule has 122 valence electrons. The van der Waals surface area contributed by atoms with Gasteiger partial charge in [0.15, 0.2) is 0 Å². The number of nitrogens with one attached hydrogen (secondary N) is 1. The van der Waals surface area contributed by atoms with Crippen molar-refractivity contribution < 1.29 is 9.90 Å². The Labute approximate surface area is 129 Å². The predicted octanol–water partition coefficient (Wildman–Crippen LogP) is 2.31. The molecule has 1 saturated carbocycles. The first-order valence-electron chi connectivity index (χ1n) is 8.86. The number of carbonyl (C=O) groups is 1. The Balaban J connectivity index is 1.68. The highest BCUT2D eigenvalue weighted by molar-refractivity contribution is 5.79. The van der Waals surface area contributed by atoms with Crippen molar-refractivity contribution in [2.75, 3.05) is 19.7 Å². The molecule has 2 fully saturated rings. The zero-order valence-electron chi connectivity index (χ0n) is 13.5. The van der Waals surface area contributed by atoms with E-state index in [1.54, 1.807) is 0 Å². The molecule has 1 atom stereocenters. The molecule has 1 heterocycles. The molecule has 0 radical (unpaired) electrons. The summed E-state index contributed by atoms with van der Waals surface area (Å²) in [6, 6.07) is 0.997. The van der Waals surface area contributed by atoms with Gasteiger partial charge in [0.1, 0.15) is 0 Å². The monoisotopic (exact) mass is 296 g/mol. The van der Waals surface area contributed by atoms with E-state index in [0.29, 0.717) is 23.9 Å².